The first-order chi connectivity index (χ1) is 8.98. The molecule has 1 aromatic heterocycles. The molecular formula is C14H15NO2S2. The highest BCUT2D eigenvalue weighted by Gasteiger charge is 2.31. The summed E-state index contributed by atoms with van der Waals surface area (Å²) in [7, 11) is -3.37. The van der Waals surface area contributed by atoms with E-state index in [9.17, 15) is 8.42 Å². The lowest BCUT2D eigenvalue weighted by Crippen LogP contribution is -2.25. The third-order valence-electron chi connectivity index (χ3n) is 3.53. The fourth-order valence-electron chi connectivity index (χ4n) is 2.32. The minimum absolute atomic E-state index is 0.379. The van der Waals surface area contributed by atoms with Gasteiger partial charge in [-0.15, -0.1) is 11.3 Å². The van der Waals surface area contributed by atoms with Crippen LogP contribution >= 0.6 is 11.3 Å². The average Bonchev–Trinajstić information content (AvgIpc) is 2.93. The summed E-state index contributed by atoms with van der Waals surface area (Å²) >= 11 is 1.70. The Labute approximate surface area is 117 Å². The zero-order valence-corrected chi connectivity index (χ0v) is 12.5. The van der Waals surface area contributed by atoms with Gasteiger partial charge in [-0.25, -0.2) is 8.42 Å². The molecule has 0 saturated carbocycles. The van der Waals surface area contributed by atoms with E-state index in [1.807, 2.05) is 26.0 Å². The fraction of sp³-hybridized carbons (Fsp3) is 0.286. The maximum Gasteiger partial charge on any atom is 0.243 e. The second-order valence-corrected chi connectivity index (χ2v) is 7.90. The van der Waals surface area contributed by atoms with Crippen LogP contribution in [0, 0.1) is 13.8 Å². The van der Waals surface area contributed by atoms with Crippen molar-refractivity contribution in [3.63, 3.8) is 0 Å². The van der Waals surface area contributed by atoms with Gasteiger partial charge in [0.15, 0.2) is 0 Å². The summed E-state index contributed by atoms with van der Waals surface area (Å²) in [5.41, 5.74) is 3.40. The molecule has 3 nitrogen and oxygen atoms in total. The zero-order valence-electron chi connectivity index (χ0n) is 10.9. The fourth-order valence-corrected chi connectivity index (χ4v) is 4.58. The van der Waals surface area contributed by atoms with E-state index < -0.39 is 10.0 Å². The Bertz CT molecular complexity index is 714. The molecule has 0 spiro atoms. The average molecular weight is 293 g/mol. The molecule has 5 heteroatoms. The van der Waals surface area contributed by atoms with Crippen LogP contribution in [0.2, 0.25) is 0 Å². The molecule has 1 aliphatic rings. The van der Waals surface area contributed by atoms with Crippen molar-refractivity contribution in [2.75, 3.05) is 0 Å². The summed E-state index contributed by atoms with van der Waals surface area (Å²) in [6.45, 7) is 5.00. The number of fused-ring (bicyclic) bond motifs is 1. The van der Waals surface area contributed by atoms with Crippen molar-refractivity contribution in [1.82, 2.24) is 4.31 Å². The minimum Gasteiger partial charge on any atom is -0.207 e. The second kappa shape index (κ2) is 4.44. The molecule has 1 aromatic carbocycles. The van der Waals surface area contributed by atoms with Crippen LogP contribution in [0.5, 0.6) is 0 Å². The van der Waals surface area contributed by atoms with E-state index in [0.717, 1.165) is 11.1 Å². The smallest absolute Gasteiger partial charge is 0.207 e. The van der Waals surface area contributed by atoms with Crippen molar-refractivity contribution in [2.24, 2.45) is 0 Å². The predicted octanol–water partition coefficient (Wildman–Crippen LogP) is 3.07. The number of aryl methyl sites for hydroxylation is 2. The van der Waals surface area contributed by atoms with Gasteiger partial charge in [0.05, 0.1) is 4.90 Å². The molecular weight excluding hydrogens is 278 g/mol. The van der Waals surface area contributed by atoms with Gasteiger partial charge in [0.25, 0.3) is 0 Å². The number of rotatable bonds is 2. The highest BCUT2D eigenvalue weighted by Crippen LogP contribution is 2.33. The van der Waals surface area contributed by atoms with Crippen molar-refractivity contribution in [2.45, 2.75) is 31.8 Å². The molecule has 0 amide bonds. The molecule has 0 saturated heterocycles. The van der Waals surface area contributed by atoms with E-state index in [4.69, 9.17) is 0 Å². The Hall–Kier alpha value is -1.17. The summed E-state index contributed by atoms with van der Waals surface area (Å²) in [4.78, 5) is 1.60. The first-order valence-electron chi connectivity index (χ1n) is 6.11. The molecule has 0 aliphatic carbocycles. The number of nitrogens with zero attached hydrogens (tertiary/aromatic N) is 1. The van der Waals surface area contributed by atoms with Gasteiger partial charge in [0, 0.05) is 18.0 Å². The molecule has 0 atom stereocenters. The highest BCUT2D eigenvalue weighted by molar-refractivity contribution is 7.89. The lowest BCUT2D eigenvalue weighted by atomic mass is 10.2. The summed E-state index contributed by atoms with van der Waals surface area (Å²) < 4.78 is 26.7. The van der Waals surface area contributed by atoms with Crippen LogP contribution in [0.1, 0.15) is 21.6 Å². The van der Waals surface area contributed by atoms with E-state index in [1.165, 1.54) is 10.4 Å². The molecule has 2 aromatic rings. The van der Waals surface area contributed by atoms with Crippen LogP contribution in [0.15, 0.2) is 34.5 Å². The van der Waals surface area contributed by atoms with Crippen molar-refractivity contribution in [3.05, 3.63) is 51.2 Å². The van der Waals surface area contributed by atoms with Gasteiger partial charge in [-0.1, -0.05) is 17.7 Å². The maximum atomic E-state index is 12.6. The molecule has 1 aliphatic heterocycles. The van der Waals surface area contributed by atoms with E-state index in [2.05, 4.69) is 5.38 Å². The van der Waals surface area contributed by atoms with Crippen LogP contribution < -0.4 is 0 Å². The summed E-state index contributed by atoms with van der Waals surface area (Å²) in [6.07, 6.45) is 0. The quantitative estimate of drug-likeness (QED) is 0.853. The molecule has 19 heavy (non-hydrogen) atoms. The van der Waals surface area contributed by atoms with Crippen LogP contribution in [0.3, 0.4) is 0 Å². The number of thiophene rings is 1. The maximum absolute atomic E-state index is 12.6. The zero-order chi connectivity index (χ0) is 13.6. The monoisotopic (exact) mass is 293 g/mol. The summed E-state index contributed by atoms with van der Waals surface area (Å²) in [5, 5.41) is 2.06. The van der Waals surface area contributed by atoms with Crippen molar-refractivity contribution >= 4 is 21.4 Å². The Morgan fingerprint density at radius 1 is 1.11 bits per heavy atom. The van der Waals surface area contributed by atoms with Crippen LogP contribution in [-0.2, 0) is 23.1 Å². The largest absolute Gasteiger partial charge is 0.243 e. The van der Waals surface area contributed by atoms with Crippen molar-refractivity contribution in [1.29, 1.82) is 0 Å². The number of hydrogen-bond donors (Lipinski definition) is 0. The summed E-state index contributed by atoms with van der Waals surface area (Å²) in [5.74, 6) is 0. The van der Waals surface area contributed by atoms with Crippen molar-refractivity contribution in [3.8, 4) is 0 Å². The van der Waals surface area contributed by atoms with Gasteiger partial charge in [0.2, 0.25) is 10.0 Å². The van der Waals surface area contributed by atoms with E-state index in [-0.39, 0.29) is 0 Å². The molecule has 100 valence electrons. The Morgan fingerprint density at radius 3 is 2.42 bits per heavy atom. The third kappa shape index (κ3) is 2.12. The van der Waals surface area contributed by atoms with Crippen molar-refractivity contribution < 1.29 is 8.42 Å². The Morgan fingerprint density at radius 2 is 1.79 bits per heavy atom. The minimum atomic E-state index is -3.37. The molecule has 3 rings (SSSR count). The lowest BCUT2D eigenvalue weighted by Gasteiger charge is -2.16. The van der Waals surface area contributed by atoms with Gasteiger partial charge in [-0.3, -0.25) is 0 Å². The SMILES string of the molecule is Cc1ccc(S(=O)(=O)N2Cc3csc(C)c3C2)cc1. The van der Waals surface area contributed by atoms with Gasteiger partial charge < -0.3 is 0 Å². The molecule has 0 bridgehead atoms. The number of sulfonamides is 1. The number of hydrogen-bond acceptors (Lipinski definition) is 3. The van der Waals surface area contributed by atoms with Gasteiger partial charge in [-0.05, 0) is 42.5 Å². The summed E-state index contributed by atoms with van der Waals surface area (Å²) in [6, 6.07) is 7.04. The van der Waals surface area contributed by atoms with Crippen LogP contribution in [-0.4, -0.2) is 12.7 Å². The van der Waals surface area contributed by atoms with E-state index in [1.54, 1.807) is 27.8 Å². The first kappa shape index (κ1) is 12.8. The Kier molecular flexibility index (Phi) is 3.00. The second-order valence-electron chi connectivity index (χ2n) is 4.88. The van der Waals surface area contributed by atoms with Gasteiger partial charge in [0.1, 0.15) is 0 Å². The first-order valence-corrected chi connectivity index (χ1v) is 8.43. The van der Waals surface area contributed by atoms with Gasteiger partial charge in [-0.2, -0.15) is 4.31 Å². The molecule has 2 heterocycles. The molecule has 0 N–H and O–H groups in total. The molecule has 0 fully saturated rings. The highest BCUT2D eigenvalue weighted by atomic mass is 32.2. The molecule has 0 radical (unpaired) electrons. The number of benzene rings is 1. The topological polar surface area (TPSA) is 37.4 Å². The molecule has 0 unspecified atom stereocenters. The normalized spacial score (nSPS) is 15.7. The lowest BCUT2D eigenvalue weighted by molar-refractivity contribution is 0.431. The van der Waals surface area contributed by atoms with E-state index >= 15 is 0 Å². The van der Waals surface area contributed by atoms with Crippen LogP contribution in [0.4, 0.5) is 0 Å². The predicted molar refractivity (Wildman–Crippen MR) is 76.7 cm³/mol. The van der Waals surface area contributed by atoms with E-state index in [0.29, 0.717) is 18.0 Å². The van der Waals surface area contributed by atoms with Crippen LogP contribution in [0.25, 0.3) is 0 Å². The standard InChI is InChI=1S/C14H15NO2S2/c1-10-3-5-13(6-4-10)19(16,17)15-7-12-9-18-11(2)14(12)8-15/h3-6,9H,7-8H2,1-2H3. The third-order valence-corrected chi connectivity index (χ3v) is 6.34. The van der Waals surface area contributed by atoms with Gasteiger partial charge >= 0.3 is 0 Å². The Balaban J connectivity index is 1.93.